The van der Waals surface area contributed by atoms with Gasteiger partial charge in [-0.3, -0.25) is 0 Å². The zero-order valence-electron chi connectivity index (χ0n) is 17.7. The summed E-state index contributed by atoms with van der Waals surface area (Å²) in [5, 5.41) is 52.8. The molecule has 0 saturated heterocycles. The van der Waals surface area contributed by atoms with Crippen molar-refractivity contribution in [3.8, 4) is 0 Å². The van der Waals surface area contributed by atoms with E-state index in [2.05, 4.69) is 0 Å². The molecule has 164 valence electrons. The van der Waals surface area contributed by atoms with E-state index in [-0.39, 0.29) is 0 Å². The van der Waals surface area contributed by atoms with E-state index in [1.807, 2.05) is 51.1 Å². The van der Waals surface area contributed by atoms with Crippen LogP contribution in [0.3, 0.4) is 0 Å². The maximum atomic E-state index is 11.0. The smallest absolute Gasteiger partial charge is 0.107 e. The molecule has 6 atom stereocenters. The zero-order valence-corrected chi connectivity index (χ0v) is 18.5. The van der Waals surface area contributed by atoms with E-state index >= 15 is 0 Å². The van der Waals surface area contributed by atoms with Crippen LogP contribution >= 0.6 is 11.6 Å². The van der Waals surface area contributed by atoms with E-state index in [1.165, 1.54) is 6.92 Å². The van der Waals surface area contributed by atoms with Gasteiger partial charge in [0.1, 0.15) is 6.10 Å². The first-order chi connectivity index (χ1) is 13.9. The minimum absolute atomic E-state index is 0.455. The number of aliphatic hydroxyl groups excluding tert-OH is 5. The van der Waals surface area contributed by atoms with Gasteiger partial charge in [-0.2, -0.15) is 0 Å². The fourth-order valence-electron chi connectivity index (χ4n) is 4.48. The van der Waals surface area contributed by atoms with E-state index in [0.29, 0.717) is 10.6 Å². The molecule has 0 amide bonds. The van der Waals surface area contributed by atoms with Gasteiger partial charge in [-0.1, -0.05) is 74.3 Å². The summed E-state index contributed by atoms with van der Waals surface area (Å²) >= 11 is 6.55. The number of hydrogen-bond donors (Lipinski definition) is 5. The van der Waals surface area contributed by atoms with E-state index in [0.717, 1.165) is 16.7 Å². The predicted molar refractivity (Wildman–Crippen MR) is 117 cm³/mol. The monoisotopic (exact) mass is 434 g/mol. The van der Waals surface area contributed by atoms with Crippen LogP contribution in [-0.2, 0) is 5.41 Å². The molecular formula is C24H31ClO5. The summed E-state index contributed by atoms with van der Waals surface area (Å²) in [5.41, 5.74) is 1.78. The highest BCUT2D eigenvalue weighted by Gasteiger charge is 2.56. The number of aryl methyl sites for hydroxylation is 1. The fraction of sp³-hybridized carbons (Fsp3) is 0.500. The van der Waals surface area contributed by atoms with Gasteiger partial charge in [0.15, 0.2) is 0 Å². The Bertz CT molecular complexity index is 897. The number of benzene rings is 2. The fourth-order valence-corrected chi connectivity index (χ4v) is 4.84. The Morgan fingerprint density at radius 3 is 2.10 bits per heavy atom. The largest absolute Gasteiger partial charge is 0.396 e. The van der Waals surface area contributed by atoms with Crippen molar-refractivity contribution in [2.45, 2.75) is 63.4 Å². The normalized spacial score (nSPS) is 32.3. The van der Waals surface area contributed by atoms with Crippen LogP contribution in [0.2, 0.25) is 5.02 Å². The number of hydrogen-bond acceptors (Lipinski definition) is 5. The van der Waals surface area contributed by atoms with Crippen LogP contribution in [0.5, 0.6) is 0 Å². The predicted octanol–water partition coefficient (Wildman–Crippen LogP) is 2.51. The lowest BCUT2D eigenvalue weighted by atomic mass is 9.62. The zero-order chi connectivity index (χ0) is 22.4. The van der Waals surface area contributed by atoms with Gasteiger partial charge in [0.25, 0.3) is 0 Å². The molecule has 0 spiro atoms. The van der Waals surface area contributed by atoms with Crippen LogP contribution in [0.4, 0.5) is 0 Å². The second-order valence-electron chi connectivity index (χ2n) is 9.29. The topological polar surface area (TPSA) is 101 Å². The first-order valence-corrected chi connectivity index (χ1v) is 10.5. The summed E-state index contributed by atoms with van der Waals surface area (Å²) in [6.07, 6.45) is -5.63. The van der Waals surface area contributed by atoms with E-state index < -0.39 is 47.8 Å². The Hall–Kier alpha value is -1.47. The first-order valence-electron chi connectivity index (χ1n) is 10.2. The molecule has 30 heavy (non-hydrogen) atoms. The molecule has 2 aromatic rings. The van der Waals surface area contributed by atoms with Crippen LogP contribution in [-0.4, -0.2) is 56.6 Å². The number of rotatable bonds is 4. The van der Waals surface area contributed by atoms with Gasteiger partial charge in [0.2, 0.25) is 0 Å². The molecule has 1 aliphatic carbocycles. The van der Waals surface area contributed by atoms with Crippen molar-refractivity contribution in [1.29, 1.82) is 0 Å². The Morgan fingerprint density at radius 1 is 0.933 bits per heavy atom. The van der Waals surface area contributed by atoms with Crippen LogP contribution in [0.1, 0.15) is 48.9 Å². The van der Waals surface area contributed by atoms with Crippen molar-refractivity contribution >= 4 is 11.6 Å². The van der Waals surface area contributed by atoms with E-state index in [9.17, 15) is 25.5 Å². The van der Waals surface area contributed by atoms with Crippen molar-refractivity contribution in [3.63, 3.8) is 0 Å². The summed E-state index contributed by atoms with van der Waals surface area (Å²) in [6.45, 7) is 7.08. The average molecular weight is 435 g/mol. The van der Waals surface area contributed by atoms with Crippen molar-refractivity contribution in [2.24, 2.45) is 5.41 Å². The Morgan fingerprint density at radius 2 is 1.53 bits per heavy atom. The molecule has 0 heterocycles. The van der Waals surface area contributed by atoms with Gasteiger partial charge in [0.05, 0.1) is 24.9 Å². The molecule has 2 aromatic carbocycles. The number of halogens is 1. The minimum Gasteiger partial charge on any atom is -0.396 e. The Balaban J connectivity index is 2.09. The molecule has 3 rings (SSSR count). The van der Waals surface area contributed by atoms with Crippen molar-refractivity contribution < 1.29 is 25.5 Å². The first kappa shape index (κ1) is 23.2. The molecule has 0 unspecified atom stereocenters. The summed E-state index contributed by atoms with van der Waals surface area (Å²) in [4.78, 5) is 0. The SMILES string of the molecule is Cc1ccc(C(C)(C)c2cc([C@H]3[C@H](O)[C@@H](O)[C@H](O)[C@@](C)(CO)[C@@H]3O)ccc2Cl)cc1. The quantitative estimate of drug-likeness (QED) is 0.509. The van der Waals surface area contributed by atoms with Gasteiger partial charge in [-0.05, 0) is 29.7 Å². The van der Waals surface area contributed by atoms with Gasteiger partial charge < -0.3 is 25.5 Å². The molecule has 0 aromatic heterocycles. The van der Waals surface area contributed by atoms with Crippen LogP contribution in [0, 0.1) is 12.3 Å². The molecule has 0 bridgehead atoms. The molecule has 1 fully saturated rings. The lowest BCUT2D eigenvalue weighted by Gasteiger charge is -2.50. The van der Waals surface area contributed by atoms with E-state index in [1.54, 1.807) is 12.1 Å². The Labute approximate surface area is 182 Å². The highest BCUT2D eigenvalue weighted by Crippen LogP contribution is 2.46. The third kappa shape index (κ3) is 3.68. The lowest BCUT2D eigenvalue weighted by Crippen LogP contribution is -2.63. The van der Waals surface area contributed by atoms with Gasteiger partial charge in [-0.15, -0.1) is 0 Å². The summed E-state index contributed by atoms with van der Waals surface area (Å²) in [6, 6.07) is 13.4. The highest BCUT2D eigenvalue weighted by atomic mass is 35.5. The molecule has 5 N–H and O–H groups in total. The molecule has 0 aliphatic heterocycles. The molecule has 5 nitrogen and oxygen atoms in total. The third-order valence-electron chi connectivity index (χ3n) is 6.90. The second kappa shape index (κ2) is 8.23. The molecular weight excluding hydrogens is 404 g/mol. The van der Waals surface area contributed by atoms with Gasteiger partial charge in [0, 0.05) is 21.8 Å². The van der Waals surface area contributed by atoms with Crippen LogP contribution in [0.25, 0.3) is 0 Å². The van der Waals surface area contributed by atoms with Gasteiger partial charge in [-0.25, -0.2) is 0 Å². The Kier molecular flexibility index (Phi) is 6.36. The summed E-state index contributed by atoms with van der Waals surface area (Å²) in [5.74, 6) is -0.898. The summed E-state index contributed by atoms with van der Waals surface area (Å²) in [7, 11) is 0. The minimum atomic E-state index is -1.50. The molecule has 1 aliphatic rings. The standard InChI is InChI=1S/C24H31ClO5/c1-13-5-8-15(9-6-13)23(2,3)16-11-14(7-10-17(16)25)18-19(27)20(28)22(30)24(4,12-26)21(18)29/h5-11,18-22,26-30H,12H2,1-4H3/t18-,19-,20+,21+,22-,24-/m0/s1. The van der Waals surface area contributed by atoms with Gasteiger partial charge >= 0.3 is 0 Å². The van der Waals surface area contributed by atoms with Crippen molar-refractivity contribution in [2.75, 3.05) is 6.61 Å². The lowest BCUT2D eigenvalue weighted by molar-refractivity contribution is -0.209. The molecule has 6 heteroatoms. The summed E-state index contributed by atoms with van der Waals surface area (Å²) < 4.78 is 0. The van der Waals surface area contributed by atoms with E-state index in [4.69, 9.17) is 11.6 Å². The third-order valence-corrected chi connectivity index (χ3v) is 7.23. The van der Waals surface area contributed by atoms with Crippen LogP contribution < -0.4 is 0 Å². The maximum absolute atomic E-state index is 11.0. The average Bonchev–Trinajstić information content (AvgIpc) is 2.72. The second-order valence-corrected chi connectivity index (χ2v) is 9.70. The molecule has 1 saturated carbocycles. The maximum Gasteiger partial charge on any atom is 0.107 e. The highest BCUT2D eigenvalue weighted by molar-refractivity contribution is 6.31. The number of aliphatic hydroxyl groups is 5. The van der Waals surface area contributed by atoms with Crippen molar-refractivity contribution in [1.82, 2.24) is 0 Å². The molecule has 0 radical (unpaired) electrons. The van der Waals surface area contributed by atoms with Crippen molar-refractivity contribution in [3.05, 3.63) is 69.7 Å². The van der Waals surface area contributed by atoms with Crippen LogP contribution in [0.15, 0.2) is 42.5 Å².